The lowest BCUT2D eigenvalue weighted by Gasteiger charge is -2.37. The molecule has 2 N–H and O–H groups in total. The van der Waals surface area contributed by atoms with Crippen molar-refractivity contribution in [2.45, 2.75) is 51.4 Å². The Bertz CT molecular complexity index is 2060. The maximum absolute atomic E-state index is 14.6. The van der Waals surface area contributed by atoms with Crippen LogP contribution in [0.15, 0.2) is 54.6 Å². The molecule has 2 aromatic heterocycles. The van der Waals surface area contributed by atoms with E-state index in [1.165, 1.54) is 7.11 Å². The molecule has 0 fully saturated rings. The van der Waals surface area contributed by atoms with Crippen molar-refractivity contribution < 1.29 is 37.7 Å². The third-order valence-corrected chi connectivity index (χ3v) is 14.5. The highest BCUT2D eigenvalue weighted by Gasteiger charge is 2.41. The van der Waals surface area contributed by atoms with Gasteiger partial charge in [0.1, 0.15) is 23.7 Å². The van der Waals surface area contributed by atoms with E-state index in [4.69, 9.17) is 28.1 Å². The standard InChI is InChI=1S/C38H45N3O8Si/c1-38(2,3)50(8,9)49-21-24-19-41(36(42)26-15-23-16-30(44-4)34(45-5)35(46-6)32(23)39-26)28-18-29(48-20-22-13-11-10-12-14-22)33-25(31(24)28)17-27(40-33)37(43)47-7/h10-18,24,39-40H,19-21H2,1-9H3/t24-/m0/s1. The number of H-pyrrole nitrogens is 2. The summed E-state index contributed by atoms with van der Waals surface area (Å²) in [5, 5.41) is 1.50. The molecule has 0 spiro atoms. The number of nitrogens with one attached hydrogen (secondary N) is 2. The van der Waals surface area contributed by atoms with E-state index in [2.05, 4.69) is 43.8 Å². The molecule has 0 radical (unpaired) electrons. The number of esters is 1. The number of methoxy groups -OCH3 is 4. The number of aromatic amines is 2. The van der Waals surface area contributed by atoms with E-state index in [0.29, 0.717) is 70.9 Å². The lowest BCUT2D eigenvalue weighted by atomic mass is 9.98. The van der Waals surface area contributed by atoms with E-state index < -0.39 is 14.3 Å². The van der Waals surface area contributed by atoms with Crippen LogP contribution < -0.4 is 23.8 Å². The van der Waals surface area contributed by atoms with Crippen molar-refractivity contribution in [3.05, 3.63) is 77.1 Å². The fraction of sp³-hybridized carbons (Fsp3) is 0.368. The SMILES string of the molecule is COC(=O)c1cc2c3c(cc(OCc4ccccc4)c2[nH]1)N(C(=O)c1cc2cc(OC)c(OC)c(OC)c2[nH]1)C[C@H]3CO[Si](C)(C)C(C)(C)C. The summed E-state index contributed by atoms with van der Waals surface area (Å²) >= 11 is 0. The van der Waals surface area contributed by atoms with Crippen molar-refractivity contribution in [1.29, 1.82) is 0 Å². The molecule has 264 valence electrons. The highest BCUT2D eigenvalue weighted by molar-refractivity contribution is 6.74. The second kappa shape index (κ2) is 13.4. The summed E-state index contributed by atoms with van der Waals surface area (Å²) in [5.41, 5.74) is 4.49. The van der Waals surface area contributed by atoms with E-state index >= 15 is 0 Å². The lowest BCUT2D eigenvalue weighted by molar-refractivity contribution is 0.0595. The zero-order valence-corrected chi connectivity index (χ0v) is 31.1. The highest BCUT2D eigenvalue weighted by Crippen LogP contribution is 2.48. The average molecular weight is 700 g/mol. The summed E-state index contributed by atoms with van der Waals surface area (Å²) in [5.74, 6) is 0.929. The highest BCUT2D eigenvalue weighted by atomic mass is 28.4. The van der Waals surface area contributed by atoms with Gasteiger partial charge in [-0.1, -0.05) is 51.1 Å². The van der Waals surface area contributed by atoms with E-state index in [9.17, 15) is 9.59 Å². The minimum Gasteiger partial charge on any atom is -0.493 e. The molecule has 5 aromatic rings. The van der Waals surface area contributed by atoms with E-state index in [0.717, 1.165) is 21.9 Å². The first kappa shape index (κ1) is 34.9. The van der Waals surface area contributed by atoms with Crippen LogP contribution in [-0.4, -0.2) is 71.8 Å². The summed E-state index contributed by atoms with van der Waals surface area (Å²) in [6, 6.07) is 17.1. The Morgan fingerprint density at radius 3 is 2.20 bits per heavy atom. The van der Waals surface area contributed by atoms with Gasteiger partial charge in [0.15, 0.2) is 19.8 Å². The molecule has 0 unspecified atom stereocenters. The zero-order valence-electron chi connectivity index (χ0n) is 30.1. The molecule has 12 heteroatoms. The molecular weight excluding hydrogens is 655 g/mol. The number of ether oxygens (including phenoxy) is 5. The normalized spacial score (nSPS) is 14.6. The molecule has 0 bridgehead atoms. The second-order valence-corrected chi connectivity index (χ2v) is 18.8. The molecule has 0 saturated heterocycles. The third-order valence-electron chi connectivity index (χ3n) is 9.99. The van der Waals surface area contributed by atoms with Crippen LogP contribution in [-0.2, 0) is 15.8 Å². The molecule has 1 amide bonds. The summed E-state index contributed by atoms with van der Waals surface area (Å²) in [7, 11) is 3.83. The largest absolute Gasteiger partial charge is 0.493 e. The van der Waals surface area contributed by atoms with Gasteiger partial charge in [-0.2, -0.15) is 0 Å². The first-order valence-corrected chi connectivity index (χ1v) is 19.4. The van der Waals surface area contributed by atoms with Crippen molar-refractivity contribution in [2.24, 2.45) is 0 Å². The predicted molar refractivity (Wildman–Crippen MR) is 196 cm³/mol. The van der Waals surface area contributed by atoms with Crippen molar-refractivity contribution in [1.82, 2.24) is 9.97 Å². The molecule has 11 nitrogen and oxygen atoms in total. The number of aromatic nitrogens is 2. The van der Waals surface area contributed by atoms with Crippen molar-refractivity contribution in [3.8, 4) is 23.0 Å². The van der Waals surface area contributed by atoms with Crippen molar-refractivity contribution >= 4 is 47.7 Å². The Labute approximate surface area is 292 Å². The number of hydrogen-bond acceptors (Lipinski definition) is 8. The molecular formula is C38H45N3O8Si. The first-order chi connectivity index (χ1) is 23.8. The second-order valence-electron chi connectivity index (χ2n) is 14.0. The molecule has 0 saturated carbocycles. The van der Waals surface area contributed by atoms with Gasteiger partial charge in [0, 0.05) is 35.9 Å². The van der Waals surface area contributed by atoms with Crippen LogP contribution in [0.5, 0.6) is 23.0 Å². The summed E-state index contributed by atoms with van der Waals surface area (Å²) in [6.45, 7) is 12.1. The maximum atomic E-state index is 14.6. The smallest absolute Gasteiger partial charge is 0.354 e. The molecule has 1 atom stereocenters. The topological polar surface area (TPSA) is 124 Å². The number of nitrogens with zero attached hydrogens (tertiary/aromatic N) is 1. The van der Waals surface area contributed by atoms with E-state index in [-0.39, 0.29) is 16.9 Å². The van der Waals surface area contributed by atoms with Gasteiger partial charge in [0.05, 0.1) is 45.2 Å². The van der Waals surface area contributed by atoms with Gasteiger partial charge in [-0.15, -0.1) is 0 Å². The number of amides is 1. The van der Waals surface area contributed by atoms with Crippen LogP contribution in [0.2, 0.25) is 18.1 Å². The Hall–Kier alpha value is -4.94. The number of rotatable bonds is 11. The number of carbonyl (C=O) groups is 2. The number of carbonyl (C=O) groups excluding carboxylic acids is 2. The minimum absolute atomic E-state index is 0.00788. The lowest BCUT2D eigenvalue weighted by Crippen LogP contribution is -2.42. The maximum Gasteiger partial charge on any atom is 0.354 e. The Morgan fingerprint density at radius 1 is 0.860 bits per heavy atom. The molecule has 50 heavy (non-hydrogen) atoms. The first-order valence-electron chi connectivity index (χ1n) is 16.5. The Morgan fingerprint density at radius 2 is 1.56 bits per heavy atom. The average Bonchev–Trinajstić information content (AvgIpc) is 3.83. The van der Waals surface area contributed by atoms with E-state index in [1.54, 1.807) is 38.4 Å². The van der Waals surface area contributed by atoms with Gasteiger partial charge < -0.3 is 43.0 Å². The molecule has 0 aliphatic carbocycles. The number of anilines is 1. The Kier molecular flexibility index (Phi) is 9.36. The summed E-state index contributed by atoms with van der Waals surface area (Å²) in [6.07, 6.45) is 0. The van der Waals surface area contributed by atoms with Gasteiger partial charge in [-0.05, 0) is 47.5 Å². The van der Waals surface area contributed by atoms with Crippen molar-refractivity contribution in [3.63, 3.8) is 0 Å². The summed E-state index contributed by atoms with van der Waals surface area (Å²) < 4.78 is 35.1. The van der Waals surface area contributed by atoms with Gasteiger partial charge in [-0.3, -0.25) is 4.79 Å². The van der Waals surface area contributed by atoms with Crippen LogP contribution in [0.25, 0.3) is 21.8 Å². The summed E-state index contributed by atoms with van der Waals surface area (Å²) in [4.78, 5) is 35.7. The molecule has 3 heterocycles. The van der Waals surface area contributed by atoms with Crippen LogP contribution >= 0.6 is 0 Å². The van der Waals surface area contributed by atoms with Crippen LogP contribution in [0, 0.1) is 0 Å². The van der Waals surface area contributed by atoms with E-state index in [1.807, 2.05) is 42.5 Å². The fourth-order valence-electron chi connectivity index (χ4n) is 6.26. The molecule has 6 rings (SSSR count). The minimum atomic E-state index is -2.16. The third kappa shape index (κ3) is 6.17. The predicted octanol–water partition coefficient (Wildman–Crippen LogP) is 7.81. The van der Waals surface area contributed by atoms with Crippen molar-refractivity contribution in [2.75, 3.05) is 46.5 Å². The monoisotopic (exact) mass is 699 g/mol. The van der Waals surface area contributed by atoms with Crippen LogP contribution in [0.4, 0.5) is 5.69 Å². The number of benzene rings is 3. The fourth-order valence-corrected chi connectivity index (χ4v) is 7.31. The molecule has 1 aliphatic rings. The van der Waals surface area contributed by atoms with Gasteiger partial charge >= 0.3 is 5.97 Å². The zero-order chi connectivity index (χ0) is 36.0. The Balaban J connectivity index is 1.49. The quantitative estimate of drug-likeness (QED) is 0.106. The number of hydrogen-bond donors (Lipinski definition) is 2. The number of fused-ring (bicyclic) bond motifs is 4. The molecule has 3 aromatic carbocycles. The van der Waals surface area contributed by atoms with Crippen LogP contribution in [0.3, 0.4) is 0 Å². The van der Waals surface area contributed by atoms with Gasteiger partial charge in [0.2, 0.25) is 5.75 Å². The van der Waals surface area contributed by atoms with Gasteiger partial charge in [-0.25, -0.2) is 4.79 Å². The van der Waals surface area contributed by atoms with Crippen LogP contribution in [0.1, 0.15) is 58.8 Å². The van der Waals surface area contributed by atoms with Gasteiger partial charge in [0.25, 0.3) is 5.91 Å². The molecule has 1 aliphatic heterocycles.